The highest BCUT2D eigenvalue weighted by Crippen LogP contribution is 2.36. The normalized spacial score (nSPS) is 13.3. The molecule has 19 heavy (non-hydrogen) atoms. The molecule has 1 aromatic heterocycles. The van der Waals surface area contributed by atoms with E-state index >= 15 is 0 Å². The second-order valence-corrected chi connectivity index (χ2v) is 5.01. The molecule has 0 unspecified atom stereocenters. The second kappa shape index (κ2) is 3.93. The van der Waals surface area contributed by atoms with E-state index in [0.29, 0.717) is 0 Å². The van der Waals surface area contributed by atoms with E-state index in [4.69, 9.17) is 0 Å². The zero-order valence-electron chi connectivity index (χ0n) is 10.5. The van der Waals surface area contributed by atoms with E-state index in [-0.39, 0.29) is 6.61 Å². The smallest absolute Gasteiger partial charge is 0.100 e. The Morgan fingerprint density at radius 2 is 2.00 bits per heavy atom. The van der Waals surface area contributed by atoms with Gasteiger partial charge in [0.1, 0.15) is 5.69 Å². The van der Waals surface area contributed by atoms with E-state index in [0.717, 1.165) is 35.2 Å². The highest BCUT2D eigenvalue weighted by atomic mass is 16.3. The van der Waals surface area contributed by atoms with Gasteiger partial charge in [0.15, 0.2) is 0 Å². The Hall–Kier alpha value is -2.13. The Labute approximate surface area is 110 Å². The van der Waals surface area contributed by atoms with Gasteiger partial charge < -0.3 is 5.11 Å². The number of rotatable bonds is 1. The highest BCUT2D eigenvalue weighted by Gasteiger charge is 2.20. The fraction of sp³-hybridized carbons (Fsp3) is 0.188. The van der Waals surface area contributed by atoms with Gasteiger partial charge in [-0.15, -0.1) is 0 Å². The van der Waals surface area contributed by atoms with Gasteiger partial charge >= 0.3 is 0 Å². The SMILES string of the molecule is OCc1cccc2c1CCc1cccc3[nH]nc-2c13. The summed E-state index contributed by atoms with van der Waals surface area (Å²) < 4.78 is 0. The van der Waals surface area contributed by atoms with Crippen molar-refractivity contribution in [3.8, 4) is 11.3 Å². The third kappa shape index (κ3) is 1.45. The van der Waals surface area contributed by atoms with Gasteiger partial charge in [0, 0.05) is 10.9 Å². The lowest BCUT2D eigenvalue weighted by Crippen LogP contribution is -1.98. The molecule has 2 aromatic carbocycles. The highest BCUT2D eigenvalue weighted by molar-refractivity contribution is 5.97. The summed E-state index contributed by atoms with van der Waals surface area (Å²) in [5.41, 5.74) is 6.85. The topological polar surface area (TPSA) is 48.9 Å². The molecule has 3 nitrogen and oxygen atoms in total. The molecule has 1 aliphatic rings. The minimum Gasteiger partial charge on any atom is -0.392 e. The van der Waals surface area contributed by atoms with E-state index < -0.39 is 0 Å². The third-order valence-corrected chi connectivity index (χ3v) is 4.02. The van der Waals surface area contributed by atoms with Crippen LogP contribution in [0.3, 0.4) is 0 Å². The molecule has 1 heterocycles. The number of benzene rings is 2. The molecule has 94 valence electrons. The molecule has 0 amide bonds. The molecule has 0 fully saturated rings. The number of hydrogen-bond acceptors (Lipinski definition) is 2. The van der Waals surface area contributed by atoms with Gasteiger partial charge in [0.25, 0.3) is 0 Å². The first-order chi connectivity index (χ1) is 9.38. The predicted molar refractivity (Wildman–Crippen MR) is 74.9 cm³/mol. The Bertz CT molecular complexity index is 774. The first-order valence-electron chi connectivity index (χ1n) is 6.56. The molecule has 3 heteroatoms. The summed E-state index contributed by atoms with van der Waals surface area (Å²) in [5.74, 6) is 0. The molecule has 0 bridgehead atoms. The molecule has 2 N–H and O–H groups in total. The fourth-order valence-corrected chi connectivity index (χ4v) is 3.11. The maximum absolute atomic E-state index is 9.52. The van der Waals surface area contributed by atoms with Gasteiger partial charge in [-0.05, 0) is 35.6 Å². The van der Waals surface area contributed by atoms with Crippen molar-refractivity contribution in [2.75, 3.05) is 0 Å². The van der Waals surface area contributed by atoms with Crippen molar-refractivity contribution in [1.82, 2.24) is 10.2 Å². The number of nitrogens with zero attached hydrogens (tertiary/aromatic N) is 1. The van der Waals surface area contributed by atoms with E-state index in [1.165, 1.54) is 16.5 Å². The minimum atomic E-state index is 0.0904. The van der Waals surface area contributed by atoms with Gasteiger partial charge in [-0.25, -0.2) is 0 Å². The van der Waals surface area contributed by atoms with Crippen molar-refractivity contribution in [1.29, 1.82) is 0 Å². The molecule has 0 atom stereocenters. The molecule has 0 saturated carbocycles. The lowest BCUT2D eigenvalue weighted by atomic mass is 9.97. The van der Waals surface area contributed by atoms with Gasteiger partial charge in [0.05, 0.1) is 12.1 Å². The zero-order valence-corrected chi connectivity index (χ0v) is 10.5. The number of aromatic nitrogens is 2. The number of aryl methyl sites for hydroxylation is 1. The number of fused-ring (bicyclic) bond motifs is 2. The van der Waals surface area contributed by atoms with Crippen LogP contribution in [0.4, 0.5) is 0 Å². The number of aliphatic hydroxyl groups is 1. The first-order valence-corrected chi connectivity index (χ1v) is 6.56. The summed E-state index contributed by atoms with van der Waals surface area (Å²) in [5, 5.41) is 18.4. The van der Waals surface area contributed by atoms with Crippen LogP contribution in [0.2, 0.25) is 0 Å². The minimum absolute atomic E-state index is 0.0904. The maximum Gasteiger partial charge on any atom is 0.100 e. The van der Waals surface area contributed by atoms with Crippen LogP contribution in [0, 0.1) is 0 Å². The Kier molecular flexibility index (Phi) is 2.23. The van der Waals surface area contributed by atoms with Gasteiger partial charge in [0.2, 0.25) is 0 Å². The Balaban J connectivity index is 2.09. The van der Waals surface area contributed by atoms with E-state index in [2.05, 4.69) is 34.5 Å². The molecule has 3 aromatic rings. The van der Waals surface area contributed by atoms with Crippen molar-refractivity contribution in [3.05, 3.63) is 53.1 Å². The summed E-state index contributed by atoms with van der Waals surface area (Å²) in [6, 6.07) is 12.4. The third-order valence-electron chi connectivity index (χ3n) is 4.02. The largest absolute Gasteiger partial charge is 0.392 e. The average molecular weight is 250 g/mol. The van der Waals surface area contributed by atoms with Crippen LogP contribution in [-0.4, -0.2) is 15.3 Å². The standard InChI is InChI=1S/C16H14N2O/c19-9-11-4-1-5-13-12(11)8-7-10-3-2-6-14-15(10)16(13)18-17-14/h1-6,19H,7-9H2,(H,17,18). The van der Waals surface area contributed by atoms with E-state index in [9.17, 15) is 5.11 Å². The molecule has 1 aliphatic carbocycles. The lowest BCUT2D eigenvalue weighted by molar-refractivity contribution is 0.280. The number of H-pyrrole nitrogens is 1. The van der Waals surface area contributed by atoms with Crippen molar-refractivity contribution >= 4 is 10.9 Å². The molecule has 0 spiro atoms. The second-order valence-electron chi connectivity index (χ2n) is 5.01. The molecule has 0 saturated heterocycles. The predicted octanol–water partition coefficient (Wildman–Crippen LogP) is 2.82. The van der Waals surface area contributed by atoms with E-state index in [1.807, 2.05) is 12.1 Å². The Morgan fingerprint density at radius 1 is 1.11 bits per heavy atom. The van der Waals surface area contributed by atoms with Crippen molar-refractivity contribution in [2.24, 2.45) is 0 Å². The molecular formula is C16H14N2O. The van der Waals surface area contributed by atoms with Crippen LogP contribution in [0.15, 0.2) is 36.4 Å². The van der Waals surface area contributed by atoms with Crippen LogP contribution in [0.5, 0.6) is 0 Å². The van der Waals surface area contributed by atoms with Gasteiger partial charge in [-0.2, -0.15) is 5.10 Å². The van der Waals surface area contributed by atoms with Crippen molar-refractivity contribution in [2.45, 2.75) is 19.4 Å². The average Bonchev–Trinajstić information content (AvgIpc) is 2.81. The molecule has 0 aliphatic heterocycles. The van der Waals surface area contributed by atoms with E-state index in [1.54, 1.807) is 0 Å². The van der Waals surface area contributed by atoms with Crippen LogP contribution in [0.1, 0.15) is 16.7 Å². The summed E-state index contributed by atoms with van der Waals surface area (Å²) in [7, 11) is 0. The van der Waals surface area contributed by atoms with Crippen LogP contribution in [-0.2, 0) is 19.4 Å². The number of aliphatic hydroxyl groups excluding tert-OH is 1. The molecular weight excluding hydrogens is 236 g/mol. The fourth-order valence-electron chi connectivity index (χ4n) is 3.11. The lowest BCUT2D eigenvalue weighted by Gasteiger charge is -2.09. The number of hydrogen-bond donors (Lipinski definition) is 2. The molecule has 0 radical (unpaired) electrons. The van der Waals surface area contributed by atoms with Gasteiger partial charge in [-0.3, -0.25) is 5.10 Å². The molecule has 4 rings (SSSR count). The Morgan fingerprint density at radius 3 is 2.89 bits per heavy atom. The monoisotopic (exact) mass is 250 g/mol. The summed E-state index contributed by atoms with van der Waals surface area (Å²) in [6.45, 7) is 0.0904. The van der Waals surface area contributed by atoms with Gasteiger partial charge in [-0.1, -0.05) is 30.3 Å². The van der Waals surface area contributed by atoms with Crippen LogP contribution >= 0.6 is 0 Å². The number of nitrogens with one attached hydrogen (secondary N) is 1. The first kappa shape index (κ1) is 10.8. The summed E-state index contributed by atoms with van der Waals surface area (Å²) in [4.78, 5) is 0. The summed E-state index contributed by atoms with van der Waals surface area (Å²) >= 11 is 0. The van der Waals surface area contributed by atoms with Crippen molar-refractivity contribution in [3.63, 3.8) is 0 Å². The van der Waals surface area contributed by atoms with Crippen LogP contribution in [0.25, 0.3) is 22.2 Å². The van der Waals surface area contributed by atoms with Crippen LogP contribution < -0.4 is 0 Å². The quantitative estimate of drug-likeness (QED) is 0.697. The zero-order chi connectivity index (χ0) is 12.8. The maximum atomic E-state index is 9.52. The summed E-state index contributed by atoms with van der Waals surface area (Å²) in [6.07, 6.45) is 1.95. The van der Waals surface area contributed by atoms with Crippen molar-refractivity contribution < 1.29 is 5.11 Å². The number of aromatic amines is 1.